The van der Waals surface area contributed by atoms with Crippen molar-refractivity contribution in [3.8, 4) is 5.75 Å². The van der Waals surface area contributed by atoms with E-state index in [9.17, 15) is 26.7 Å². The monoisotopic (exact) mass is 569 g/mol. The molecule has 8 nitrogen and oxygen atoms in total. The molecule has 1 fully saturated rings. The van der Waals surface area contributed by atoms with Crippen LogP contribution >= 0.6 is 11.3 Å². The second kappa shape index (κ2) is 10.9. The van der Waals surface area contributed by atoms with E-state index >= 15 is 0 Å². The number of rotatable bonds is 7. The van der Waals surface area contributed by atoms with E-state index in [1.54, 1.807) is 4.90 Å². The first-order valence-electron chi connectivity index (χ1n) is 12.2. The van der Waals surface area contributed by atoms with Crippen LogP contribution in [0.1, 0.15) is 47.3 Å². The van der Waals surface area contributed by atoms with Crippen molar-refractivity contribution in [1.29, 1.82) is 0 Å². The topological polar surface area (TPSA) is 81.8 Å². The fourth-order valence-electron chi connectivity index (χ4n) is 4.49. The zero-order valence-electron chi connectivity index (χ0n) is 20.8. The van der Waals surface area contributed by atoms with Crippen LogP contribution in [-0.4, -0.2) is 57.1 Å². The lowest BCUT2D eigenvalue weighted by molar-refractivity contribution is -0.142. The molecule has 1 saturated heterocycles. The van der Waals surface area contributed by atoms with Gasteiger partial charge >= 0.3 is 6.18 Å². The first kappa shape index (κ1) is 27.0. The smallest absolute Gasteiger partial charge is 0.435 e. The third kappa shape index (κ3) is 6.05. The van der Waals surface area contributed by atoms with E-state index in [0.717, 1.165) is 27.9 Å². The van der Waals surface area contributed by atoms with Crippen LogP contribution in [0.4, 0.5) is 22.0 Å². The van der Waals surface area contributed by atoms with Crippen LogP contribution in [0.15, 0.2) is 34.8 Å². The molecule has 14 heteroatoms. The molecule has 2 aliphatic rings. The minimum absolute atomic E-state index is 0.0795. The van der Waals surface area contributed by atoms with Crippen molar-refractivity contribution in [3.63, 3.8) is 0 Å². The molecule has 0 aliphatic carbocycles. The molecule has 2 aliphatic heterocycles. The SMILES string of the molecule is Cc1cc(C(F)(F)F)nn1CC(=O)N1CCC(c2nc(C3=NO[C@@H](COc4c(F)cccc4F)C3)cs2)CC1. The van der Waals surface area contributed by atoms with Gasteiger partial charge in [-0.1, -0.05) is 11.2 Å². The minimum atomic E-state index is -4.56. The van der Waals surface area contributed by atoms with Crippen molar-refractivity contribution in [2.75, 3.05) is 19.7 Å². The number of thiazole rings is 1. The van der Waals surface area contributed by atoms with Crippen LogP contribution in [0, 0.1) is 18.6 Å². The number of benzene rings is 1. The Kier molecular flexibility index (Phi) is 7.56. The molecule has 0 N–H and O–H groups in total. The van der Waals surface area contributed by atoms with Crippen LogP contribution < -0.4 is 4.74 Å². The van der Waals surface area contributed by atoms with E-state index in [1.807, 2.05) is 5.38 Å². The highest BCUT2D eigenvalue weighted by molar-refractivity contribution is 7.10. The number of likely N-dealkylation sites (tertiary alicyclic amines) is 1. The van der Waals surface area contributed by atoms with Crippen LogP contribution in [0.3, 0.4) is 0 Å². The van der Waals surface area contributed by atoms with Gasteiger partial charge < -0.3 is 14.5 Å². The van der Waals surface area contributed by atoms with Gasteiger partial charge in [0.15, 0.2) is 29.2 Å². The molecule has 5 rings (SSSR count). The van der Waals surface area contributed by atoms with Crippen LogP contribution in [0.5, 0.6) is 5.75 Å². The van der Waals surface area contributed by atoms with Crippen molar-refractivity contribution < 1.29 is 36.3 Å². The number of hydrogen-bond acceptors (Lipinski definition) is 7. The van der Waals surface area contributed by atoms with E-state index in [1.165, 1.54) is 24.3 Å². The number of amides is 1. The molecule has 39 heavy (non-hydrogen) atoms. The number of oxime groups is 1. The van der Waals surface area contributed by atoms with Gasteiger partial charge in [-0.3, -0.25) is 9.48 Å². The number of para-hydroxylation sites is 1. The molecule has 0 bridgehead atoms. The summed E-state index contributed by atoms with van der Waals surface area (Å²) in [7, 11) is 0. The molecule has 208 valence electrons. The largest absolute Gasteiger partial charge is 0.484 e. The summed E-state index contributed by atoms with van der Waals surface area (Å²) in [6.45, 7) is 2.08. The summed E-state index contributed by atoms with van der Waals surface area (Å²) in [6.07, 6.45) is -3.37. The van der Waals surface area contributed by atoms with Gasteiger partial charge in [0.2, 0.25) is 5.91 Å². The van der Waals surface area contributed by atoms with Gasteiger partial charge in [-0.15, -0.1) is 11.3 Å². The maximum atomic E-state index is 13.8. The Morgan fingerprint density at radius 3 is 2.59 bits per heavy atom. The lowest BCUT2D eigenvalue weighted by Crippen LogP contribution is -2.40. The molecule has 1 atom stereocenters. The van der Waals surface area contributed by atoms with Gasteiger partial charge in [-0.2, -0.15) is 18.3 Å². The lowest BCUT2D eigenvalue weighted by atomic mass is 9.97. The summed E-state index contributed by atoms with van der Waals surface area (Å²) in [5, 5.41) is 10.4. The van der Waals surface area contributed by atoms with E-state index in [2.05, 4.69) is 10.3 Å². The molecular formula is C25H24F5N5O3S. The average molecular weight is 570 g/mol. The molecule has 2 aromatic heterocycles. The number of aryl methyl sites for hydroxylation is 1. The number of halogens is 5. The normalized spacial score (nSPS) is 18.3. The van der Waals surface area contributed by atoms with E-state index in [0.29, 0.717) is 43.8 Å². The maximum Gasteiger partial charge on any atom is 0.435 e. The third-order valence-electron chi connectivity index (χ3n) is 6.64. The Balaban J connectivity index is 1.11. The second-order valence-electron chi connectivity index (χ2n) is 9.38. The van der Waals surface area contributed by atoms with Gasteiger partial charge in [0, 0.05) is 36.5 Å². The summed E-state index contributed by atoms with van der Waals surface area (Å²) in [4.78, 5) is 24.4. The van der Waals surface area contributed by atoms with Gasteiger partial charge in [0.1, 0.15) is 18.9 Å². The Morgan fingerprint density at radius 2 is 1.92 bits per heavy atom. The molecule has 4 heterocycles. The lowest BCUT2D eigenvalue weighted by Gasteiger charge is -2.31. The van der Waals surface area contributed by atoms with Gasteiger partial charge in [-0.25, -0.2) is 13.8 Å². The molecule has 1 aromatic carbocycles. The maximum absolute atomic E-state index is 13.8. The highest BCUT2D eigenvalue weighted by Crippen LogP contribution is 2.32. The summed E-state index contributed by atoms with van der Waals surface area (Å²) in [5.41, 5.74) is 0.525. The number of carbonyl (C=O) groups excluding carboxylic acids is 1. The number of carbonyl (C=O) groups is 1. The molecule has 0 radical (unpaired) electrons. The van der Waals surface area contributed by atoms with Crippen molar-refractivity contribution >= 4 is 23.0 Å². The number of hydrogen-bond donors (Lipinski definition) is 0. The molecular weight excluding hydrogens is 545 g/mol. The second-order valence-corrected chi connectivity index (χ2v) is 10.3. The van der Waals surface area contributed by atoms with Crippen LogP contribution in [0.25, 0.3) is 0 Å². The molecule has 3 aromatic rings. The highest BCUT2D eigenvalue weighted by atomic mass is 32.1. The fourth-order valence-corrected chi connectivity index (χ4v) is 5.49. The summed E-state index contributed by atoms with van der Waals surface area (Å²) in [5.74, 6) is -2.20. The van der Waals surface area contributed by atoms with Crippen LogP contribution in [-0.2, 0) is 22.4 Å². The summed E-state index contributed by atoms with van der Waals surface area (Å²) < 4.78 is 72.6. The molecule has 1 amide bonds. The highest BCUT2D eigenvalue weighted by Gasteiger charge is 2.35. The Bertz CT molecular complexity index is 1360. The Labute approximate surface area is 224 Å². The van der Waals surface area contributed by atoms with Crippen molar-refractivity contribution in [2.24, 2.45) is 5.16 Å². The minimum Gasteiger partial charge on any atom is -0.484 e. The van der Waals surface area contributed by atoms with Crippen molar-refractivity contribution in [3.05, 3.63) is 63.4 Å². The first-order chi connectivity index (χ1) is 18.6. The van der Waals surface area contributed by atoms with Gasteiger partial charge in [0.05, 0.1) is 10.7 Å². The number of aromatic nitrogens is 3. The molecule has 0 spiro atoms. The van der Waals surface area contributed by atoms with Crippen molar-refractivity contribution in [1.82, 2.24) is 19.7 Å². The Morgan fingerprint density at radius 1 is 1.21 bits per heavy atom. The number of nitrogens with zero attached hydrogens (tertiary/aromatic N) is 5. The zero-order chi connectivity index (χ0) is 27.7. The average Bonchev–Trinajstić information content (AvgIpc) is 3.64. The number of piperidine rings is 1. The first-order valence-corrected chi connectivity index (χ1v) is 13.1. The summed E-state index contributed by atoms with van der Waals surface area (Å²) in [6, 6.07) is 4.41. The van der Waals surface area contributed by atoms with Crippen LogP contribution in [0.2, 0.25) is 0 Å². The van der Waals surface area contributed by atoms with Gasteiger partial charge in [0.25, 0.3) is 0 Å². The van der Waals surface area contributed by atoms with Gasteiger partial charge in [-0.05, 0) is 38.0 Å². The summed E-state index contributed by atoms with van der Waals surface area (Å²) >= 11 is 1.48. The standard InChI is InChI=1S/C25H24F5N5O3S/c1-14-9-21(25(28,29)30)32-35(14)11-22(36)34-7-5-15(6-8-34)24-31-20(13-39-24)19-10-16(38-33-19)12-37-23-17(26)3-2-4-18(23)27/h2-4,9,13,15-16H,5-8,10-12H2,1H3/t16-/m1/s1. The predicted octanol–water partition coefficient (Wildman–Crippen LogP) is 4.92. The molecule has 0 saturated carbocycles. The van der Waals surface area contributed by atoms with E-state index in [4.69, 9.17) is 14.6 Å². The third-order valence-corrected chi connectivity index (χ3v) is 7.64. The number of alkyl halides is 3. The zero-order valence-corrected chi connectivity index (χ0v) is 21.6. The fraction of sp³-hybridized carbons (Fsp3) is 0.440. The predicted molar refractivity (Wildman–Crippen MR) is 131 cm³/mol. The molecule has 0 unspecified atom stereocenters. The number of ether oxygens (including phenoxy) is 1. The Hall–Kier alpha value is -3.55. The van der Waals surface area contributed by atoms with E-state index < -0.39 is 35.4 Å². The van der Waals surface area contributed by atoms with E-state index in [-0.39, 0.29) is 30.7 Å². The van der Waals surface area contributed by atoms with Crippen molar-refractivity contribution in [2.45, 2.75) is 50.9 Å². The quantitative estimate of drug-likeness (QED) is 0.378.